The molecule has 92 valence electrons. The molecular formula is C9H9F3N4S. The minimum Gasteiger partial charge on any atom is -0.278 e. The van der Waals surface area contributed by atoms with Crippen molar-refractivity contribution in [3.05, 3.63) is 24.0 Å². The molecule has 0 unspecified atom stereocenters. The molecule has 0 spiro atoms. The Bertz CT molecular complexity index is 502. The van der Waals surface area contributed by atoms with Gasteiger partial charge in [-0.2, -0.15) is 22.5 Å². The zero-order chi connectivity index (χ0) is 12.5. The Kier molecular flexibility index (Phi) is 3.14. The minimum atomic E-state index is -4.50. The van der Waals surface area contributed by atoms with Crippen LogP contribution in [0.15, 0.2) is 12.4 Å². The van der Waals surface area contributed by atoms with Crippen molar-refractivity contribution >= 4 is 11.5 Å². The third-order valence-corrected chi connectivity index (χ3v) is 2.78. The van der Waals surface area contributed by atoms with Crippen molar-refractivity contribution < 1.29 is 13.2 Å². The first kappa shape index (κ1) is 12.0. The van der Waals surface area contributed by atoms with E-state index in [0.717, 1.165) is 6.42 Å². The first-order valence-corrected chi connectivity index (χ1v) is 5.73. The summed E-state index contributed by atoms with van der Waals surface area (Å²) < 4.78 is 41.9. The van der Waals surface area contributed by atoms with Crippen LogP contribution in [0.3, 0.4) is 0 Å². The van der Waals surface area contributed by atoms with Gasteiger partial charge in [-0.05, 0) is 6.42 Å². The number of rotatable bonds is 3. The molecule has 0 saturated carbocycles. The highest BCUT2D eigenvalue weighted by molar-refractivity contribution is 7.08. The Morgan fingerprint density at radius 1 is 1.41 bits per heavy atom. The standard InChI is InChI=1S/C9H9F3N4S/c1-2-3-6-13-4-5-16(6)8-14-7(15-17-8)9(10,11)12/h4-5H,2-3H2,1H3. The Labute approximate surface area is 99.3 Å². The number of imidazole rings is 1. The quantitative estimate of drug-likeness (QED) is 0.854. The zero-order valence-electron chi connectivity index (χ0n) is 8.90. The first-order chi connectivity index (χ1) is 8.02. The predicted molar refractivity (Wildman–Crippen MR) is 56.0 cm³/mol. The first-order valence-electron chi connectivity index (χ1n) is 4.96. The highest BCUT2D eigenvalue weighted by Crippen LogP contribution is 2.28. The van der Waals surface area contributed by atoms with Crippen LogP contribution in [0.5, 0.6) is 0 Å². The molecule has 2 rings (SSSR count). The minimum absolute atomic E-state index is 0.193. The molecule has 2 aromatic rings. The van der Waals surface area contributed by atoms with Gasteiger partial charge in [-0.1, -0.05) is 6.92 Å². The molecule has 0 bridgehead atoms. The van der Waals surface area contributed by atoms with Gasteiger partial charge in [-0.15, -0.1) is 0 Å². The van der Waals surface area contributed by atoms with E-state index in [0.29, 0.717) is 23.8 Å². The maximum Gasteiger partial charge on any atom is 0.452 e. The molecule has 0 aliphatic heterocycles. The normalized spacial score (nSPS) is 12.0. The molecule has 0 N–H and O–H groups in total. The van der Waals surface area contributed by atoms with Crippen molar-refractivity contribution in [2.75, 3.05) is 0 Å². The van der Waals surface area contributed by atoms with Gasteiger partial charge in [0, 0.05) is 30.3 Å². The van der Waals surface area contributed by atoms with Crippen LogP contribution < -0.4 is 0 Å². The van der Waals surface area contributed by atoms with E-state index in [4.69, 9.17) is 0 Å². The molecular weight excluding hydrogens is 253 g/mol. The smallest absolute Gasteiger partial charge is 0.278 e. The summed E-state index contributed by atoms with van der Waals surface area (Å²) in [7, 11) is 0. The molecule has 0 aliphatic carbocycles. The molecule has 4 nitrogen and oxygen atoms in total. The predicted octanol–water partition coefficient (Wildman–Crippen LogP) is 2.70. The summed E-state index contributed by atoms with van der Waals surface area (Å²) in [5.41, 5.74) is 0. The number of nitrogens with zero attached hydrogens (tertiary/aromatic N) is 4. The number of alkyl halides is 3. The van der Waals surface area contributed by atoms with Crippen LogP contribution >= 0.6 is 11.5 Å². The molecule has 2 heterocycles. The second kappa shape index (κ2) is 4.44. The summed E-state index contributed by atoms with van der Waals surface area (Å²) in [5, 5.41) is 0.193. The number of hydrogen-bond donors (Lipinski definition) is 0. The summed E-state index contributed by atoms with van der Waals surface area (Å²) in [6.07, 6.45) is 0.182. The lowest BCUT2D eigenvalue weighted by Crippen LogP contribution is -2.08. The fourth-order valence-corrected chi connectivity index (χ4v) is 2.04. The van der Waals surface area contributed by atoms with Gasteiger partial charge in [0.15, 0.2) is 0 Å². The summed E-state index contributed by atoms with van der Waals surface area (Å²) in [6.45, 7) is 1.97. The van der Waals surface area contributed by atoms with Gasteiger partial charge in [0.05, 0.1) is 0 Å². The van der Waals surface area contributed by atoms with Crippen molar-refractivity contribution in [1.29, 1.82) is 0 Å². The van der Waals surface area contributed by atoms with Gasteiger partial charge in [0.2, 0.25) is 11.0 Å². The fraction of sp³-hybridized carbons (Fsp3) is 0.444. The molecule has 0 aliphatic rings. The molecule has 17 heavy (non-hydrogen) atoms. The monoisotopic (exact) mass is 262 g/mol. The number of hydrogen-bond acceptors (Lipinski definition) is 4. The van der Waals surface area contributed by atoms with Crippen LogP contribution in [0.25, 0.3) is 5.13 Å². The molecule has 8 heteroatoms. The zero-order valence-corrected chi connectivity index (χ0v) is 9.72. The van der Waals surface area contributed by atoms with Crippen molar-refractivity contribution in [1.82, 2.24) is 18.9 Å². The summed E-state index contributed by atoms with van der Waals surface area (Å²) in [5.74, 6) is -0.411. The van der Waals surface area contributed by atoms with Crippen molar-refractivity contribution in [3.63, 3.8) is 0 Å². The molecule has 0 aromatic carbocycles. The SMILES string of the molecule is CCCc1nccn1-c1nc(C(F)(F)F)ns1. The van der Waals surface area contributed by atoms with Gasteiger partial charge in [0.25, 0.3) is 0 Å². The van der Waals surface area contributed by atoms with Crippen LogP contribution in [0.2, 0.25) is 0 Å². The van der Waals surface area contributed by atoms with Gasteiger partial charge in [0.1, 0.15) is 5.82 Å². The van der Waals surface area contributed by atoms with Gasteiger partial charge >= 0.3 is 6.18 Å². The third-order valence-electron chi connectivity index (χ3n) is 2.07. The number of aryl methyl sites for hydroxylation is 1. The molecule has 0 atom stereocenters. The van der Waals surface area contributed by atoms with Crippen LogP contribution in [-0.4, -0.2) is 18.9 Å². The summed E-state index contributed by atoms with van der Waals surface area (Å²) >= 11 is 0.716. The van der Waals surface area contributed by atoms with E-state index in [-0.39, 0.29) is 5.13 Å². The largest absolute Gasteiger partial charge is 0.452 e. The Balaban J connectivity index is 2.34. The van der Waals surface area contributed by atoms with Gasteiger partial charge in [-0.3, -0.25) is 4.57 Å². The van der Waals surface area contributed by atoms with Crippen molar-refractivity contribution in [3.8, 4) is 5.13 Å². The molecule has 2 aromatic heterocycles. The molecule has 0 radical (unpaired) electrons. The molecule has 0 fully saturated rings. The molecule has 0 amide bonds. The van der Waals surface area contributed by atoms with Crippen molar-refractivity contribution in [2.24, 2.45) is 0 Å². The topological polar surface area (TPSA) is 43.6 Å². The van der Waals surface area contributed by atoms with Crippen LogP contribution in [0, 0.1) is 0 Å². The van der Waals surface area contributed by atoms with Gasteiger partial charge in [-0.25, -0.2) is 4.98 Å². The van der Waals surface area contributed by atoms with E-state index in [1.165, 1.54) is 4.57 Å². The maximum atomic E-state index is 12.3. The Morgan fingerprint density at radius 2 is 2.18 bits per heavy atom. The summed E-state index contributed by atoms with van der Waals surface area (Å²) in [4.78, 5) is 7.55. The average Bonchev–Trinajstić information content (AvgIpc) is 2.82. The third kappa shape index (κ3) is 2.46. The van der Waals surface area contributed by atoms with Crippen LogP contribution in [0.4, 0.5) is 13.2 Å². The van der Waals surface area contributed by atoms with Crippen LogP contribution in [-0.2, 0) is 12.6 Å². The second-order valence-electron chi connectivity index (χ2n) is 3.36. The summed E-state index contributed by atoms with van der Waals surface area (Å²) in [6, 6.07) is 0. The van der Waals surface area contributed by atoms with Crippen molar-refractivity contribution in [2.45, 2.75) is 25.9 Å². The lowest BCUT2D eigenvalue weighted by Gasteiger charge is -2.01. The lowest BCUT2D eigenvalue weighted by atomic mass is 10.3. The lowest BCUT2D eigenvalue weighted by molar-refractivity contribution is -0.144. The maximum absolute atomic E-state index is 12.3. The Morgan fingerprint density at radius 3 is 2.76 bits per heavy atom. The van der Waals surface area contributed by atoms with E-state index in [1.54, 1.807) is 12.4 Å². The highest BCUT2D eigenvalue weighted by atomic mass is 32.1. The van der Waals surface area contributed by atoms with Crippen LogP contribution in [0.1, 0.15) is 25.0 Å². The second-order valence-corrected chi connectivity index (χ2v) is 4.09. The van der Waals surface area contributed by atoms with E-state index >= 15 is 0 Å². The Hall–Kier alpha value is -1.44. The van der Waals surface area contributed by atoms with E-state index < -0.39 is 12.0 Å². The highest BCUT2D eigenvalue weighted by Gasteiger charge is 2.36. The average molecular weight is 262 g/mol. The van der Waals surface area contributed by atoms with E-state index in [1.807, 2.05) is 6.92 Å². The van der Waals surface area contributed by atoms with E-state index in [2.05, 4.69) is 14.3 Å². The number of halogens is 3. The fourth-order valence-electron chi connectivity index (χ4n) is 1.35. The number of aromatic nitrogens is 4. The molecule has 0 saturated heterocycles. The van der Waals surface area contributed by atoms with Gasteiger partial charge < -0.3 is 0 Å². The van der Waals surface area contributed by atoms with E-state index in [9.17, 15) is 13.2 Å².